The number of likely N-dealkylation sites (tertiary alicyclic amines) is 1. The summed E-state index contributed by atoms with van der Waals surface area (Å²) in [6, 6.07) is 0.640. The molecule has 4 nitrogen and oxygen atoms in total. The molecule has 90 valence electrons. The number of aromatic nitrogens is 2. The number of imidazole rings is 1. The van der Waals surface area contributed by atoms with Gasteiger partial charge in [0.1, 0.15) is 0 Å². The van der Waals surface area contributed by atoms with Gasteiger partial charge in [-0.3, -0.25) is 0 Å². The van der Waals surface area contributed by atoms with Gasteiger partial charge in [0.2, 0.25) is 0 Å². The summed E-state index contributed by atoms with van der Waals surface area (Å²) in [5, 5.41) is 0. The molecular formula is C12H22N4. The van der Waals surface area contributed by atoms with Crippen LogP contribution in [0.2, 0.25) is 0 Å². The zero-order valence-corrected chi connectivity index (χ0v) is 10.4. The summed E-state index contributed by atoms with van der Waals surface area (Å²) in [4.78, 5) is 6.62. The van der Waals surface area contributed by atoms with Gasteiger partial charge in [0.25, 0.3) is 0 Å². The Kier molecular flexibility index (Phi) is 3.30. The van der Waals surface area contributed by atoms with Crippen LogP contribution in [0, 0.1) is 5.92 Å². The average Bonchev–Trinajstić information content (AvgIpc) is 2.83. The van der Waals surface area contributed by atoms with Gasteiger partial charge in [-0.2, -0.15) is 0 Å². The molecule has 0 amide bonds. The minimum atomic E-state index is 0.0911. The second kappa shape index (κ2) is 4.55. The number of nitrogens with zero attached hydrogens (tertiary/aromatic N) is 3. The van der Waals surface area contributed by atoms with Crippen LogP contribution in [-0.4, -0.2) is 34.6 Å². The van der Waals surface area contributed by atoms with Crippen molar-refractivity contribution in [2.75, 3.05) is 20.1 Å². The van der Waals surface area contributed by atoms with Crippen LogP contribution in [0.15, 0.2) is 12.5 Å². The highest BCUT2D eigenvalue weighted by Gasteiger charge is 2.25. The molecule has 2 N–H and O–H groups in total. The Morgan fingerprint density at radius 3 is 2.81 bits per heavy atom. The first-order valence-corrected chi connectivity index (χ1v) is 6.05. The molecule has 0 bridgehead atoms. The highest BCUT2D eigenvalue weighted by molar-refractivity contribution is 5.08. The van der Waals surface area contributed by atoms with E-state index in [0.29, 0.717) is 12.0 Å². The third-order valence-electron chi connectivity index (χ3n) is 3.52. The minimum Gasteiger partial charge on any atom is -0.329 e. The molecule has 2 atom stereocenters. The monoisotopic (exact) mass is 222 g/mol. The average molecular weight is 222 g/mol. The summed E-state index contributed by atoms with van der Waals surface area (Å²) < 4.78 is 2.27. The Morgan fingerprint density at radius 1 is 1.50 bits per heavy atom. The summed E-state index contributed by atoms with van der Waals surface area (Å²) in [5.41, 5.74) is 7.39. The van der Waals surface area contributed by atoms with Crippen molar-refractivity contribution in [1.82, 2.24) is 14.5 Å². The highest BCUT2D eigenvalue weighted by atomic mass is 15.2. The molecule has 16 heavy (non-hydrogen) atoms. The van der Waals surface area contributed by atoms with Crippen molar-refractivity contribution in [3.63, 3.8) is 0 Å². The molecule has 0 saturated carbocycles. The maximum absolute atomic E-state index is 6.21. The van der Waals surface area contributed by atoms with E-state index in [-0.39, 0.29) is 6.04 Å². The molecule has 1 aromatic heterocycles. The summed E-state index contributed by atoms with van der Waals surface area (Å²) in [6.45, 7) is 6.58. The fourth-order valence-corrected chi connectivity index (χ4v) is 2.36. The Labute approximate surface area is 97.4 Å². The van der Waals surface area contributed by atoms with Gasteiger partial charge in [0.05, 0.1) is 12.0 Å². The molecule has 4 heteroatoms. The van der Waals surface area contributed by atoms with Crippen LogP contribution >= 0.6 is 0 Å². The lowest BCUT2D eigenvalue weighted by atomic mass is 10.0. The van der Waals surface area contributed by atoms with Crippen LogP contribution < -0.4 is 5.73 Å². The smallest absolute Gasteiger partial charge is 0.0951 e. The van der Waals surface area contributed by atoms with Gasteiger partial charge in [-0.25, -0.2) is 4.98 Å². The van der Waals surface area contributed by atoms with Crippen molar-refractivity contribution in [2.45, 2.75) is 32.4 Å². The van der Waals surface area contributed by atoms with Crippen LogP contribution in [0.25, 0.3) is 0 Å². The normalized spacial score (nSPS) is 24.2. The SMILES string of the molecule is CC(C)C(N)c1cncn1C1CCN(C)C1. The molecule has 2 rings (SSSR count). The number of hydrogen-bond donors (Lipinski definition) is 1. The van der Waals surface area contributed by atoms with Crippen molar-refractivity contribution in [2.24, 2.45) is 11.7 Å². The number of rotatable bonds is 3. The Bertz CT molecular complexity index is 345. The van der Waals surface area contributed by atoms with Crippen molar-refractivity contribution in [3.8, 4) is 0 Å². The molecule has 0 aromatic carbocycles. The first-order valence-electron chi connectivity index (χ1n) is 6.05. The second-order valence-corrected chi connectivity index (χ2v) is 5.20. The summed E-state index contributed by atoms with van der Waals surface area (Å²) >= 11 is 0. The van der Waals surface area contributed by atoms with Gasteiger partial charge < -0.3 is 15.2 Å². The zero-order valence-electron chi connectivity index (χ0n) is 10.4. The van der Waals surface area contributed by atoms with Gasteiger partial charge in [-0.05, 0) is 25.9 Å². The second-order valence-electron chi connectivity index (χ2n) is 5.20. The highest BCUT2D eigenvalue weighted by Crippen LogP contribution is 2.26. The van der Waals surface area contributed by atoms with Crippen molar-refractivity contribution < 1.29 is 0 Å². The molecule has 1 aliphatic heterocycles. The third kappa shape index (κ3) is 2.13. The third-order valence-corrected chi connectivity index (χ3v) is 3.52. The molecular weight excluding hydrogens is 200 g/mol. The van der Waals surface area contributed by atoms with Gasteiger partial charge in [0.15, 0.2) is 0 Å². The van der Waals surface area contributed by atoms with E-state index in [1.165, 1.54) is 18.7 Å². The van der Waals surface area contributed by atoms with Crippen LogP contribution in [0.5, 0.6) is 0 Å². The van der Waals surface area contributed by atoms with Crippen molar-refractivity contribution >= 4 is 0 Å². The van der Waals surface area contributed by atoms with Crippen molar-refractivity contribution in [3.05, 3.63) is 18.2 Å². The number of nitrogens with two attached hydrogens (primary N) is 1. The maximum atomic E-state index is 6.21. The Morgan fingerprint density at radius 2 is 2.25 bits per heavy atom. The lowest BCUT2D eigenvalue weighted by Gasteiger charge is -2.21. The van der Waals surface area contributed by atoms with E-state index in [1.54, 1.807) is 0 Å². The summed E-state index contributed by atoms with van der Waals surface area (Å²) in [5.74, 6) is 0.453. The summed E-state index contributed by atoms with van der Waals surface area (Å²) in [7, 11) is 2.17. The lowest BCUT2D eigenvalue weighted by Crippen LogP contribution is -2.23. The molecule has 2 unspecified atom stereocenters. The van der Waals surface area contributed by atoms with E-state index >= 15 is 0 Å². The molecule has 0 aliphatic carbocycles. The van der Waals surface area contributed by atoms with E-state index in [1.807, 2.05) is 12.5 Å². The maximum Gasteiger partial charge on any atom is 0.0951 e. The standard InChI is InChI=1S/C12H22N4/c1-9(2)12(13)11-6-14-8-16(11)10-4-5-15(3)7-10/h6,8-10,12H,4-5,7,13H2,1-3H3. The predicted molar refractivity (Wildman–Crippen MR) is 65.1 cm³/mol. The molecule has 1 saturated heterocycles. The topological polar surface area (TPSA) is 47.1 Å². The van der Waals surface area contributed by atoms with E-state index < -0.39 is 0 Å². The quantitative estimate of drug-likeness (QED) is 0.841. The molecule has 1 fully saturated rings. The zero-order chi connectivity index (χ0) is 11.7. The largest absolute Gasteiger partial charge is 0.329 e. The lowest BCUT2D eigenvalue weighted by molar-refractivity contribution is 0.382. The fraction of sp³-hybridized carbons (Fsp3) is 0.750. The van der Waals surface area contributed by atoms with Crippen LogP contribution in [0.1, 0.15) is 38.0 Å². The van der Waals surface area contributed by atoms with E-state index in [4.69, 9.17) is 5.73 Å². The van der Waals surface area contributed by atoms with Gasteiger partial charge in [-0.15, -0.1) is 0 Å². The number of hydrogen-bond acceptors (Lipinski definition) is 3. The minimum absolute atomic E-state index is 0.0911. The first-order chi connectivity index (χ1) is 7.59. The van der Waals surface area contributed by atoms with E-state index in [0.717, 1.165) is 6.54 Å². The first kappa shape index (κ1) is 11.6. The Hall–Kier alpha value is -0.870. The van der Waals surface area contributed by atoms with Crippen LogP contribution in [0.4, 0.5) is 0 Å². The molecule has 1 aromatic rings. The van der Waals surface area contributed by atoms with Crippen LogP contribution in [0.3, 0.4) is 0 Å². The van der Waals surface area contributed by atoms with Gasteiger partial charge in [0, 0.05) is 24.8 Å². The van der Waals surface area contributed by atoms with Gasteiger partial charge in [-0.1, -0.05) is 13.8 Å². The van der Waals surface area contributed by atoms with E-state index in [9.17, 15) is 0 Å². The number of likely N-dealkylation sites (N-methyl/N-ethyl adjacent to an activating group) is 1. The van der Waals surface area contributed by atoms with E-state index in [2.05, 4.69) is 35.3 Å². The van der Waals surface area contributed by atoms with Crippen LogP contribution in [-0.2, 0) is 0 Å². The fourth-order valence-electron chi connectivity index (χ4n) is 2.36. The van der Waals surface area contributed by atoms with Crippen molar-refractivity contribution in [1.29, 1.82) is 0 Å². The molecule has 2 heterocycles. The molecule has 0 spiro atoms. The Balaban J connectivity index is 2.19. The predicted octanol–water partition coefficient (Wildman–Crippen LogP) is 1.42. The summed E-state index contributed by atoms with van der Waals surface area (Å²) in [6.07, 6.45) is 5.05. The molecule has 0 radical (unpaired) electrons. The van der Waals surface area contributed by atoms with Gasteiger partial charge >= 0.3 is 0 Å². The molecule has 1 aliphatic rings.